The van der Waals surface area contributed by atoms with Crippen LogP contribution in [0.2, 0.25) is 0 Å². The lowest BCUT2D eigenvalue weighted by Gasteiger charge is -2.50. The second kappa shape index (κ2) is 7.30. The van der Waals surface area contributed by atoms with Gasteiger partial charge in [-0.15, -0.1) is 0 Å². The number of nitrogens with zero attached hydrogens (tertiary/aromatic N) is 2. The van der Waals surface area contributed by atoms with Crippen LogP contribution >= 0.6 is 0 Å². The summed E-state index contributed by atoms with van der Waals surface area (Å²) in [6.07, 6.45) is 1.19. The molecule has 2 amide bonds. The Bertz CT molecular complexity index is 949. The van der Waals surface area contributed by atoms with Gasteiger partial charge in [0.2, 0.25) is 0 Å². The van der Waals surface area contributed by atoms with Crippen molar-refractivity contribution in [3.8, 4) is 0 Å². The van der Waals surface area contributed by atoms with Gasteiger partial charge in [0.05, 0.1) is 6.04 Å². The average Bonchev–Trinajstić information content (AvgIpc) is 2.74. The third-order valence-electron chi connectivity index (χ3n) is 6.77. The maximum Gasteiger partial charge on any atom is 0.318 e. The summed E-state index contributed by atoms with van der Waals surface area (Å²) in [6.45, 7) is 1.07. The molecule has 0 aliphatic carbocycles. The third kappa shape index (κ3) is 3.35. The van der Waals surface area contributed by atoms with Crippen molar-refractivity contribution in [1.29, 1.82) is 0 Å². The van der Waals surface area contributed by atoms with Crippen molar-refractivity contribution in [3.63, 3.8) is 0 Å². The SMILES string of the molecule is O=C(NC1CN2CCC1CC2(F)F)N1CCc2ccccc2[C@@H]1c1ccc(F)cc1. The van der Waals surface area contributed by atoms with Crippen molar-refractivity contribution in [2.45, 2.75) is 37.4 Å². The minimum atomic E-state index is -2.77. The number of benzene rings is 2. The number of hydrogen-bond donors (Lipinski definition) is 1. The van der Waals surface area contributed by atoms with Crippen molar-refractivity contribution >= 4 is 6.03 Å². The second-order valence-electron chi connectivity index (χ2n) is 8.52. The van der Waals surface area contributed by atoms with Crippen molar-refractivity contribution in [2.75, 3.05) is 19.6 Å². The van der Waals surface area contributed by atoms with Crippen LogP contribution in [0.5, 0.6) is 0 Å². The zero-order valence-corrected chi connectivity index (χ0v) is 16.5. The Kier molecular flexibility index (Phi) is 4.73. The summed E-state index contributed by atoms with van der Waals surface area (Å²) in [5.74, 6) is -0.539. The summed E-state index contributed by atoms with van der Waals surface area (Å²) in [7, 11) is 0. The van der Waals surface area contributed by atoms with Crippen LogP contribution < -0.4 is 5.32 Å². The number of urea groups is 1. The van der Waals surface area contributed by atoms with E-state index >= 15 is 0 Å². The highest BCUT2D eigenvalue weighted by molar-refractivity contribution is 5.76. The molecule has 3 fully saturated rings. The van der Waals surface area contributed by atoms with Crippen LogP contribution in [-0.2, 0) is 6.42 Å². The highest BCUT2D eigenvalue weighted by Crippen LogP contribution is 2.41. The first-order valence-electron chi connectivity index (χ1n) is 10.5. The first kappa shape index (κ1) is 19.4. The van der Waals surface area contributed by atoms with Crippen molar-refractivity contribution in [2.24, 2.45) is 5.92 Å². The monoisotopic (exact) mass is 415 g/mol. The van der Waals surface area contributed by atoms with Gasteiger partial charge in [-0.3, -0.25) is 0 Å². The molecule has 2 bridgehead atoms. The summed E-state index contributed by atoms with van der Waals surface area (Å²) >= 11 is 0. The van der Waals surface area contributed by atoms with Crippen LogP contribution in [0.15, 0.2) is 48.5 Å². The molecule has 2 aromatic carbocycles. The molecule has 3 saturated heterocycles. The number of nitrogens with one attached hydrogen (secondary N) is 1. The van der Waals surface area contributed by atoms with Crippen LogP contribution in [0.1, 0.15) is 35.6 Å². The second-order valence-corrected chi connectivity index (χ2v) is 8.52. The van der Waals surface area contributed by atoms with E-state index in [0.717, 1.165) is 17.5 Å². The van der Waals surface area contributed by atoms with Crippen molar-refractivity contribution in [3.05, 3.63) is 71.0 Å². The average molecular weight is 415 g/mol. The Labute approximate surface area is 173 Å². The lowest BCUT2D eigenvalue weighted by molar-refractivity contribution is -0.211. The van der Waals surface area contributed by atoms with E-state index in [1.807, 2.05) is 18.2 Å². The van der Waals surface area contributed by atoms with Gasteiger partial charge in [-0.1, -0.05) is 36.4 Å². The fourth-order valence-electron chi connectivity index (χ4n) is 5.18. The van der Waals surface area contributed by atoms with Crippen molar-refractivity contribution < 1.29 is 18.0 Å². The Morgan fingerprint density at radius 3 is 2.53 bits per heavy atom. The maximum absolute atomic E-state index is 14.0. The molecule has 4 atom stereocenters. The van der Waals surface area contributed by atoms with E-state index in [1.165, 1.54) is 22.6 Å². The lowest BCUT2D eigenvalue weighted by atomic mass is 9.82. The van der Waals surface area contributed by atoms with Gasteiger partial charge in [0.25, 0.3) is 0 Å². The Morgan fingerprint density at radius 1 is 1.07 bits per heavy atom. The van der Waals surface area contributed by atoms with Crippen LogP contribution in [0.3, 0.4) is 0 Å². The van der Waals surface area contributed by atoms with E-state index < -0.39 is 6.05 Å². The summed E-state index contributed by atoms with van der Waals surface area (Å²) in [4.78, 5) is 16.2. The maximum atomic E-state index is 14.0. The molecular formula is C23H24F3N3O. The summed E-state index contributed by atoms with van der Waals surface area (Å²) in [5.41, 5.74) is 3.02. The predicted octanol–water partition coefficient (Wildman–Crippen LogP) is 4.17. The van der Waals surface area contributed by atoms with E-state index in [0.29, 0.717) is 19.5 Å². The molecule has 1 N–H and O–H groups in total. The molecule has 0 saturated carbocycles. The number of amides is 2. The molecule has 0 spiro atoms. The van der Waals surface area contributed by atoms with E-state index in [-0.39, 0.29) is 42.8 Å². The number of hydrogen-bond acceptors (Lipinski definition) is 2. The van der Waals surface area contributed by atoms with Gasteiger partial charge in [0.15, 0.2) is 0 Å². The zero-order chi connectivity index (χ0) is 20.9. The minimum Gasteiger partial charge on any atom is -0.334 e. The van der Waals surface area contributed by atoms with Crippen LogP contribution in [0.4, 0.5) is 18.0 Å². The highest BCUT2D eigenvalue weighted by Gasteiger charge is 2.51. The smallest absolute Gasteiger partial charge is 0.318 e. The van der Waals surface area contributed by atoms with Crippen LogP contribution in [0.25, 0.3) is 0 Å². The van der Waals surface area contributed by atoms with Gasteiger partial charge in [0, 0.05) is 32.1 Å². The van der Waals surface area contributed by atoms with E-state index in [1.54, 1.807) is 17.0 Å². The Balaban J connectivity index is 1.41. The molecule has 158 valence electrons. The fourth-order valence-corrected chi connectivity index (χ4v) is 5.18. The van der Waals surface area contributed by atoms with Gasteiger partial charge >= 0.3 is 12.1 Å². The summed E-state index contributed by atoms with van der Waals surface area (Å²) in [6, 6.07) is 10.5. The molecule has 0 radical (unpaired) electrons. The number of alkyl halides is 2. The standard InChI is InChI=1S/C23H24F3N3O/c24-18-7-5-16(6-8-18)21-19-4-2-1-3-15(19)10-12-29(21)22(30)27-20-14-28-11-9-17(20)13-23(28,25)26/h1-8,17,20-21H,9-14H2,(H,27,30)/t17?,20?,21-/m0/s1. The first-order chi connectivity index (χ1) is 14.4. The minimum absolute atomic E-state index is 0.176. The molecule has 0 aromatic heterocycles. The van der Waals surface area contributed by atoms with Gasteiger partial charge in [-0.2, -0.15) is 8.78 Å². The van der Waals surface area contributed by atoms with Crippen LogP contribution in [0, 0.1) is 11.7 Å². The molecule has 4 heterocycles. The Morgan fingerprint density at radius 2 is 1.83 bits per heavy atom. The van der Waals surface area contributed by atoms with Gasteiger partial charge < -0.3 is 10.2 Å². The molecular weight excluding hydrogens is 391 g/mol. The van der Waals surface area contributed by atoms with Crippen LogP contribution in [-0.4, -0.2) is 47.6 Å². The quantitative estimate of drug-likeness (QED) is 0.748. The topological polar surface area (TPSA) is 35.6 Å². The largest absolute Gasteiger partial charge is 0.334 e. The van der Waals surface area contributed by atoms with E-state index in [4.69, 9.17) is 0 Å². The normalized spacial score (nSPS) is 29.4. The van der Waals surface area contributed by atoms with Gasteiger partial charge in [-0.05, 0) is 47.6 Å². The number of carbonyl (C=O) groups excluding carboxylic acids is 1. The Hall–Kier alpha value is -2.54. The third-order valence-corrected chi connectivity index (χ3v) is 6.77. The lowest BCUT2D eigenvalue weighted by Crippen LogP contribution is -2.64. The first-order valence-corrected chi connectivity index (χ1v) is 10.5. The van der Waals surface area contributed by atoms with Crippen molar-refractivity contribution in [1.82, 2.24) is 15.1 Å². The molecule has 2 aromatic rings. The molecule has 4 aliphatic heterocycles. The molecule has 3 unspecified atom stereocenters. The molecule has 30 heavy (non-hydrogen) atoms. The van der Waals surface area contributed by atoms with E-state index in [2.05, 4.69) is 11.4 Å². The summed E-state index contributed by atoms with van der Waals surface area (Å²) < 4.78 is 41.5. The predicted molar refractivity (Wildman–Crippen MR) is 107 cm³/mol. The van der Waals surface area contributed by atoms with Gasteiger partial charge in [0.1, 0.15) is 5.82 Å². The zero-order valence-electron chi connectivity index (χ0n) is 16.5. The number of halogens is 3. The molecule has 4 nitrogen and oxygen atoms in total. The number of piperidine rings is 3. The van der Waals surface area contributed by atoms with Gasteiger partial charge in [-0.25, -0.2) is 14.1 Å². The number of carbonyl (C=O) groups is 1. The fraction of sp³-hybridized carbons (Fsp3) is 0.435. The summed E-state index contributed by atoms with van der Waals surface area (Å²) in [5, 5.41) is 3.04. The number of fused-ring (bicyclic) bond motifs is 4. The molecule has 4 aliphatic rings. The molecule has 6 rings (SSSR count). The molecule has 7 heteroatoms. The van der Waals surface area contributed by atoms with E-state index in [9.17, 15) is 18.0 Å². The highest BCUT2D eigenvalue weighted by atomic mass is 19.3. The number of rotatable bonds is 2.